The smallest absolute Gasteiger partial charge is 0.312 e. The third-order valence-corrected chi connectivity index (χ3v) is 3.61. The summed E-state index contributed by atoms with van der Waals surface area (Å²) in [7, 11) is 0. The van der Waals surface area contributed by atoms with Crippen LogP contribution in [-0.4, -0.2) is 24.1 Å². The fraction of sp³-hybridized carbons (Fsp3) is 0.500. The number of hydrazine groups is 1. The Morgan fingerprint density at radius 3 is 2.56 bits per heavy atom. The van der Waals surface area contributed by atoms with E-state index < -0.39 is 0 Å². The summed E-state index contributed by atoms with van der Waals surface area (Å²) in [5.41, 5.74) is 0.635. The maximum absolute atomic E-state index is 12.1. The molecule has 0 saturated carbocycles. The zero-order valence-corrected chi connectivity index (χ0v) is 10.8. The Kier molecular flexibility index (Phi) is 3.99. The molecule has 1 aliphatic heterocycles. The van der Waals surface area contributed by atoms with Gasteiger partial charge >= 0.3 is 5.97 Å². The average molecular weight is 248 g/mol. The van der Waals surface area contributed by atoms with Crippen molar-refractivity contribution in [3.05, 3.63) is 35.9 Å². The normalized spacial score (nSPS) is 19.4. The lowest BCUT2D eigenvalue weighted by Crippen LogP contribution is -2.46. The number of nitrogens with zero attached hydrogens (tertiary/aromatic N) is 1. The summed E-state index contributed by atoms with van der Waals surface area (Å²) >= 11 is 0. The van der Waals surface area contributed by atoms with Gasteiger partial charge < -0.3 is 4.74 Å². The molecule has 0 atom stereocenters. The van der Waals surface area contributed by atoms with E-state index in [-0.39, 0.29) is 11.4 Å². The first-order chi connectivity index (χ1) is 8.60. The van der Waals surface area contributed by atoms with Crippen LogP contribution in [0.3, 0.4) is 0 Å². The highest BCUT2D eigenvalue weighted by molar-refractivity contribution is 5.76. The Morgan fingerprint density at radius 2 is 1.94 bits per heavy atom. The highest BCUT2D eigenvalue weighted by Gasteiger charge is 2.37. The molecular weight excluding hydrogens is 228 g/mol. The Labute approximate surface area is 108 Å². The molecule has 0 aromatic heterocycles. The molecule has 0 aliphatic carbocycles. The monoisotopic (exact) mass is 248 g/mol. The molecule has 2 rings (SSSR count). The van der Waals surface area contributed by atoms with Crippen molar-refractivity contribution < 1.29 is 9.53 Å². The van der Waals surface area contributed by atoms with Crippen molar-refractivity contribution in [1.29, 1.82) is 0 Å². The molecule has 4 heteroatoms. The molecule has 4 nitrogen and oxygen atoms in total. The molecule has 18 heavy (non-hydrogen) atoms. The first-order valence-corrected chi connectivity index (χ1v) is 6.31. The largest absolute Gasteiger partial charge is 0.460 e. The van der Waals surface area contributed by atoms with E-state index in [4.69, 9.17) is 10.6 Å². The number of carbonyl (C=O) groups is 1. The van der Waals surface area contributed by atoms with Crippen molar-refractivity contribution in [1.82, 2.24) is 5.01 Å². The van der Waals surface area contributed by atoms with Gasteiger partial charge in [0.05, 0.1) is 5.41 Å². The van der Waals surface area contributed by atoms with Crippen molar-refractivity contribution in [3.8, 4) is 0 Å². The van der Waals surface area contributed by atoms with Gasteiger partial charge in [0, 0.05) is 13.1 Å². The second-order valence-electron chi connectivity index (χ2n) is 5.16. The first-order valence-electron chi connectivity index (χ1n) is 6.31. The fourth-order valence-electron chi connectivity index (χ4n) is 2.12. The van der Waals surface area contributed by atoms with Crippen molar-refractivity contribution in [3.63, 3.8) is 0 Å². The lowest BCUT2D eigenvalue weighted by Gasteiger charge is -2.35. The van der Waals surface area contributed by atoms with Crippen LogP contribution in [0.2, 0.25) is 0 Å². The molecule has 98 valence electrons. The van der Waals surface area contributed by atoms with Crippen LogP contribution >= 0.6 is 0 Å². The quantitative estimate of drug-likeness (QED) is 0.653. The molecular formula is C14H20N2O2. The topological polar surface area (TPSA) is 55.6 Å². The third-order valence-electron chi connectivity index (χ3n) is 3.61. The van der Waals surface area contributed by atoms with Gasteiger partial charge in [-0.25, -0.2) is 5.01 Å². The molecule has 1 fully saturated rings. The molecule has 2 N–H and O–H groups in total. The molecule has 1 aliphatic rings. The minimum atomic E-state index is -0.384. The van der Waals surface area contributed by atoms with Gasteiger partial charge in [-0.15, -0.1) is 0 Å². The fourth-order valence-corrected chi connectivity index (χ4v) is 2.12. The molecule has 1 saturated heterocycles. The number of ether oxygens (including phenoxy) is 1. The SMILES string of the molecule is CC1(C(=O)OCc2ccccc2)CCN(N)CC1. The molecule has 0 radical (unpaired) electrons. The molecule has 1 heterocycles. The van der Waals surface area contributed by atoms with Gasteiger partial charge in [-0.05, 0) is 25.3 Å². The van der Waals surface area contributed by atoms with Crippen molar-refractivity contribution >= 4 is 5.97 Å². The summed E-state index contributed by atoms with van der Waals surface area (Å²) in [6.07, 6.45) is 1.52. The highest BCUT2D eigenvalue weighted by atomic mass is 16.5. The summed E-state index contributed by atoms with van der Waals surface area (Å²) in [5.74, 6) is 5.59. The molecule has 1 aromatic rings. The summed E-state index contributed by atoms with van der Waals surface area (Å²) in [6, 6.07) is 9.75. The van der Waals surface area contributed by atoms with E-state index in [0.717, 1.165) is 31.5 Å². The lowest BCUT2D eigenvalue weighted by atomic mass is 9.81. The Morgan fingerprint density at radius 1 is 1.33 bits per heavy atom. The van der Waals surface area contributed by atoms with E-state index in [2.05, 4.69) is 0 Å². The summed E-state index contributed by atoms with van der Waals surface area (Å²) in [5, 5.41) is 1.76. The molecule has 0 spiro atoms. The van der Waals surface area contributed by atoms with Gasteiger partial charge in [-0.1, -0.05) is 30.3 Å². The van der Waals surface area contributed by atoms with E-state index >= 15 is 0 Å². The summed E-state index contributed by atoms with van der Waals surface area (Å²) in [4.78, 5) is 12.1. The van der Waals surface area contributed by atoms with Gasteiger partial charge in [0.25, 0.3) is 0 Å². The second kappa shape index (κ2) is 5.50. The van der Waals surface area contributed by atoms with Gasteiger partial charge in [0.2, 0.25) is 0 Å². The van der Waals surface area contributed by atoms with E-state index in [0.29, 0.717) is 6.61 Å². The van der Waals surface area contributed by atoms with Crippen LogP contribution in [0.15, 0.2) is 30.3 Å². The first kappa shape index (κ1) is 13.1. The van der Waals surface area contributed by atoms with Gasteiger partial charge in [-0.3, -0.25) is 10.6 Å². The Hall–Kier alpha value is -1.39. The number of rotatable bonds is 3. The van der Waals surface area contributed by atoms with Gasteiger partial charge in [0.1, 0.15) is 6.61 Å². The number of hydrogen-bond donors (Lipinski definition) is 1. The van der Waals surface area contributed by atoms with E-state index in [1.165, 1.54) is 0 Å². The predicted molar refractivity (Wildman–Crippen MR) is 69.3 cm³/mol. The lowest BCUT2D eigenvalue weighted by molar-refractivity contribution is -0.159. The third kappa shape index (κ3) is 3.09. The van der Waals surface area contributed by atoms with Gasteiger partial charge in [0.15, 0.2) is 0 Å². The van der Waals surface area contributed by atoms with Crippen molar-refractivity contribution in [2.24, 2.45) is 11.3 Å². The highest BCUT2D eigenvalue weighted by Crippen LogP contribution is 2.31. The van der Waals surface area contributed by atoms with Crippen molar-refractivity contribution in [2.75, 3.05) is 13.1 Å². The minimum Gasteiger partial charge on any atom is -0.460 e. The maximum Gasteiger partial charge on any atom is 0.312 e. The maximum atomic E-state index is 12.1. The van der Waals surface area contributed by atoms with Crippen LogP contribution in [0.4, 0.5) is 0 Å². The van der Waals surface area contributed by atoms with Crippen LogP contribution < -0.4 is 5.84 Å². The number of carbonyl (C=O) groups excluding carboxylic acids is 1. The zero-order valence-electron chi connectivity index (χ0n) is 10.8. The number of nitrogens with two attached hydrogens (primary N) is 1. The molecule has 0 unspecified atom stereocenters. The Bertz CT molecular complexity index is 398. The predicted octanol–water partition coefficient (Wildman–Crippen LogP) is 1.71. The molecule has 0 amide bonds. The minimum absolute atomic E-state index is 0.112. The number of benzene rings is 1. The average Bonchev–Trinajstić information content (AvgIpc) is 2.41. The zero-order chi connectivity index (χ0) is 13.0. The summed E-state index contributed by atoms with van der Waals surface area (Å²) < 4.78 is 5.41. The molecule has 1 aromatic carbocycles. The van der Waals surface area contributed by atoms with E-state index in [1.807, 2.05) is 37.3 Å². The van der Waals surface area contributed by atoms with Crippen LogP contribution in [0.25, 0.3) is 0 Å². The van der Waals surface area contributed by atoms with Crippen molar-refractivity contribution in [2.45, 2.75) is 26.4 Å². The summed E-state index contributed by atoms with van der Waals surface area (Å²) in [6.45, 7) is 3.81. The van der Waals surface area contributed by atoms with E-state index in [9.17, 15) is 4.79 Å². The van der Waals surface area contributed by atoms with Crippen LogP contribution in [-0.2, 0) is 16.1 Å². The van der Waals surface area contributed by atoms with E-state index in [1.54, 1.807) is 5.01 Å². The van der Waals surface area contributed by atoms with Crippen LogP contribution in [0.1, 0.15) is 25.3 Å². The van der Waals surface area contributed by atoms with Crippen LogP contribution in [0, 0.1) is 5.41 Å². The number of hydrogen-bond acceptors (Lipinski definition) is 4. The standard InChI is InChI=1S/C14H20N2O2/c1-14(7-9-16(15)10-8-14)13(17)18-11-12-5-3-2-4-6-12/h2-6H,7-11,15H2,1H3. The molecule has 0 bridgehead atoms. The van der Waals surface area contributed by atoms with Gasteiger partial charge in [-0.2, -0.15) is 0 Å². The Balaban J connectivity index is 1.88. The number of esters is 1. The second-order valence-corrected chi connectivity index (χ2v) is 5.16. The number of piperidine rings is 1. The van der Waals surface area contributed by atoms with Crippen LogP contribution in [0.5, 0.6) is 0 Å².